The van der Waals surface area contributed by atoms with E-state index in [9.17, 15) is 9.18 Å². The second-order valence-corrected chi connectivity index (χ2v) is 7.29. The van der Waals surface area contributed by atoms with Crippen molar-refractivity contribution in [3.05, 3.63) is 58.3 Å². The lowest BCUT2D eigenvalue weighted by molar-refractivity contribution is -0.113. The highest BCUT2D eigenvalue weighted by atomic mass is 79.9. The molecule has 6 heteroatoms. The monoisotopic (exact) mass is 399 g/mol. The Morgan fingerprint density at radius 3 is 2.82 bits per heavy atom. The number of carbonyl (C=O) groups excluding carboxylic acids is 1. The number of anilines is 1. The maximum Gasteiger partial charge on any atom is 0.234 e. The molecule has 0 aliphatic carbocycles. The van der Waals surface area contributed by atoms with Crippen LogP contribution in [0.5, 0.6) is 0 Å². The van der Waals surface area contributed by atoms with Crippen molar-refractivity contribution >= 4 is 51.0 Å². The van der Waals surface area contributed by atoms with Crippen LogP contribution < -0.4 is 5.32 Å². The van der Waals surface area contributed by atoms with Gasteiger partial charge in [-0.05, 0) is 42.2 Å². The summed E-state index contributed by atoms with van der Waals surface area (Å²) in [6.45, 7) is 0. The van der Waals surface area contributed by atoms with Crippen LogP contribution in [0.25, 0.3) is 0 Å². The fraction of sp³-hybridized carbons (Fsp3) is 0.188. The van der Waals surface area contributed by atoms with E-state index >= 15 is 0 Å². The molecule has 22 heavy (non-hydrogen) atoms. The summed E-state index contributed by atoms with van der Waals surface area (Å²) in [5, 5.41) is 2.85. The van der Waals surface area contributed by atoms with E-state index in [1.807, 2.05) is 30.5 Å². The van der Waals surface area contributed by atoms with Crippen LogP contribution in [0.15, 0.2) is 51.8 Å². The third-order valence-corrected chi connectivity index (χ3v) is 5.06. The number of halogens is 2. The number of thioether (sulfide) groups is 2. The van der Waals surface area contributed by atoms with E-state index in [0.29, 0.717) is 21.5 Å². The minimum absolute atomic E-state index is 0.0826. The third kappa shape index (κ3) is 5.34. The fourth-order valence-corrected chi connectivity index (χ4v) is 3.40. The van der Waals surface area contributed by atoms with Gasteiger partial charge in [0.15, 0.2) is 0 Å². The van der Waals surface area contributed by atoms with Crippen molar-refractivity contribution in [3.8, 4) is 0 Å². The van der Waals surface area contributed by atoms with Crippen LogP contribution in [0.1, 0.15) is 5.56 Å². The molecule has 1 amide bonds. The minimum Gasteiger partial charge on any atom is -0.325 e. The van der Waals surface area contributed by atoms with E-state index in [4.69, 9.17) is 0 Å². The summed E-state index contributed by atoms with van der Waals surface area (Å²) in [5.41, 5.74) is 1.39. The first kappa shape index (κ1) is 17.4. The molecule has 0 atom stereocenters. The molecule has 0 unspecified atom stereocenters. The molecule has 0 aliphatic heterocycles. The summed E-state index contributed by atoms with van der Waals surface area (Å²) in [6.07, 6.45) is 1.99. The van der Waals surface area contributed by atoms with Gasteiger partial charge in [-0.15, -0.1) is 23.5 Å². The van der Waals surface area contributed by atoms with Crippen molar-refractivity contribution in [2.45, 2.75) is 10.6 Å². The van der Waals surface area contributed by atoms with Gasteiger partial charge < -0.3 is 5.32 Å². The van der Waals surface area contributed by atoms with Gasteiger partial charge in [-0.1, -0.05) is 28.1 Å². The first-order valence-electron chi connectivity index (χ1n) is 6.54. The van der Waals surface area contributed by atoms with E-state index in [2.05, 4.69) is 21.2 Å². The van der Waals surface area contributed by atoms with Gasteiger partial charge in [-0.25, -0.2) is 4.39 Å². The largest absolute Gasteiger partial charge is 0.325 e. The van der Waals surface area contributed by atoms with Gasteiger partial charge in [-0.2, -0.15) is 0 Å². The number of benzene rings is 2. The maximum absolute atomic E-state index is 13.7. The molecular weight excluding hydrogens is 385 g/mol. The molecular formula is C16H15BrFNOS2. The number of hydrogen-bond donors (Lipinski definition) is 1. The Labute approximate surface area is 146 Å². The van der Waals surface area contributed by atoms with E-state index in [1.165, 1.54) is 17.8 Å². The molecule has 0 bridgehead atoms. The quantitative estimate of drug-likeness (QED) is 0.678. The maximum atomic E-state index is 13.7. The molecule has 2 rings (SSSR count). The molecule has 0 aliphatic rings. The molecule has 0 saturated heterocycles. The van der Waals surface area contributed by atoms with Crippen molar-refractivity contribution in [3.63, 3.8) is 0 Å². The van der Waals surface area contributed by atoms with E-state index in [1.54, 1.807) is 23.9 Å². The van der Waals surface area contributed by atoms with Crippen LogP contribution in [0.3, 0.4) is 0 Å². The predicted octanol–water partition coefficient (Wildman–Crippen LogP) is 5.18. The molecule has 116 valence electrons. The summed E-state index contributed by atoms with van der Waals surface area (Å²) in [5.74, 6) is 0.423. The highest BCUT2D eigenvalue weighted by Gasteiger charge is 2.06. The van der Waals surface area contributed by atoms with Gasteiger partial charge in [0, 0.05) is 20.8 Å². The number of nitrogens with one attached hydrogen (secondary N) is 1. The molecule has 0 spiro atoms. The highest BCUT2D eigenvalue weighted by molar-refractivity contribution is 9.10. The lowest BCUT2D eigenvalue weighted by atomic mass is 10.2. The first-order chi connectivity index (χ1) is 10.6. The third-order valence-electron chi connectivity index (χ3n) is 2.86. The second kappa shape index (κ2) is 8.60. The normalized spacial score (nSPS) is 10.5. The SMILES string of the molecule is CSc1cccc(NC(=O)CSCc2ccc(Br)cc2F)c1. The van der Waals surface area contributed by atoms with Crippen molar-refractivity contribution in [1.29, 1.82) is 0 Å². The summed E-state index contributed by atoms with van der Waals surface area (Å²) < 4.78 is 14.4. The van der Waals surface area contributed by atoms with Gasteiger partial charge >= 0.3 is 0 Å². The van der Waals surface area contributed by atoms with Gasteiger partial charge in [0.2, 0.25) is 5.91 Å². The molecule has 2 nitrogen and oxygen atoms in total. The van der Waals surface area contributed by atoms with Crippen LogP contribution in [0, 0.1) is 5.82 Å². The van der Waals surface area contributed by atoms with E-state index in [-0.39, 0.29) is 11.7 Å². The molecule has 0 radical (unpaired) electrons. The second-order valence-electron chi connectivity index (χ2n) is 4.51. The highest BCUT2D eigenvalue weighted by Crippen LogP contribution is 2.21. The lowest BCUT2D eigenvalue weighted by Crippen LogP contribution is -2.14. The van der Waals surface area contributed by atoms with Crippen molar-refractivity contribution in [2.75, 3.05) is 17.3 Å². The average molecular weight is 400 g/mol. The Bertz CT molecular complexity index is 666. The molecule has 0 saturated carbocycles. The van der Waals surface area contributed by atoms with E-state index in [0.717, 1.165) is 10.6 Å². The van der Waals surface area contributed by atoms with Crippen LogP contribution >= 0.6 is 39.5 Å². The number of rotatable bonds is 6. The van der Waals surface area contributed by atoms with Gasteiger partial charge in [0.1, 0.15) is 5.82 Å². The summed E-state index contributed by atoms with van der Waals surface area (Å²) in [7, 11) is 0. The standard InChI is InChI=1S/C16H15BrFNOS2/c1-21-14-4-2-3-13(8-14)19-16(20)10-22-9-11-5-6-12(17)7-15(11)18/h2-8H,9-10H2,1H3,(H,19,20). The molecule has 0 heterocycles. The van der Waals surface area contributed by atoms with Gasteiger partial charge in [0.05, 0.1) is 5.75 Å². The smallest absolute Gasteiger partial charge is 0.234 e. The van der Waals surface area contributed by atoms with Crippen LogP contribution in [0.2, 0.25) is 0 Å². The topological polar surface area (TPSA) is 29.1 Å². The number of carbonyl (C=O) groups is 1. The zero-order valence-electron chi connectivity index (χ0n) is 11.9. The van der Waals surface area contributed by atoms with Gasteiger partial charge in [-0.3, -0.25) is 4.79 Å². The zero-order chi connectivity index (χ0) is 15.9. The summed E-state index contributed by atoms with van der Waals surface area (Å²) in [4.78, 5) is 13.0. The van der Waals surface area contributed by atoms with Crippen LogP contribution in [-0.2, 0) is 10.5 Å². The van der Waals surface area contributed by atoms with Crippen molar-refractivity contribution in [1.82, 2.24) is 0 Å². The van der Waals surface area contributed by atoms with Gasteiger partial charge in [0.25, 0.3) is 0 Å². The zero-order valence-corrected chi connectivity index (χ0v) is 15.2. The summed E-state index contributed by atoms with van der Waals surface area (Å²) >= 11 is 6.24. The Hall–Kier alpha value is -0.980. The predicted molar refractivity (Wildman–Crippen MR) is 97.1 cm³/mol. The Balaban J connectivity index is 1.82. The van der Waals surface area contributed by atoms with Crippen molar-refractivity contribution in [2.24, 2.45) is 0 Å². The minimum atomic E-state index is -0.255. The molecule has 1 N–H and O–H groups in total. The Kier molecular flexibility index (Phi) is 6.79. The molecule has 0 aromatic heterocycles. The van der Waals surface area contributed by atoms with E-state index < -0.39 is 0 Å². The Morgan fingerprint density at radius 2 is 2.09 bits per heavy atom. The average Bonchev–Trinajstić information content (AvgIpc) is 2.49. The fourth-order valence-electron chi connectivity index (χ4n) is 1.79. The number of amides is 1. The Morgan fingerprint density at radius 1 is 1.27 bits per heavy atom. The molecule has 2 aromatic rings. The number of hydrogen-bond acceptors (Lipinski definition) is 3. The van der Waals surface area contributed by atoms with Crippen LogP contribution in [-0.4, -0.2) is 17.9 Å². The van der Waals surface area contributed by atoms with Crippen molar-refractivity contribution < 1.29 is 9.18 Å². The first-order valence-corrected chi connectivity index (χ1v) is 9.71. The lowest BCUT2D eigenvalue weighted by Gasteiger charge is -2.07. The summed E-state index contributed by atoms with van der Waals surface area (Å²) in [6, 6.07) is 12.7. The van der Waals surface area contributed by atoms with Crippen LogP contribution in [0.4, 0.5) is 10.1 Å². The molecule has 0 fully saturated rings. The molecule has 2 aromatic carbocycles.